The van der Waals surface area contributed by atoms with Gasteiger partial charge in [-0.15, -0.1) is 0 Å². The van der Waals surface area contributed by atoms with Gasteiger partial charge in [-0.25, -0.2) is 0 Å². The van der Waals surface area contributed by atoms with E-state index >= 15 is 0 Å². The summed E-state index contributed by atoms with van der Waals surface area (Å²) in [7, 11) is 1.75. The van der Waals surface area contributed by atoms with Gasteiger partial charge in [-0.1, -0.05) is 13.3 Å². The second-order valence-electron chi connectivity index (χ2n) is 4.17. The molecule has 0 rings (SSSR count). The van der Waals surface area contributed by atoms with Gasteiger partial charge in [-0.3, -0.25) is 0 Å². The quantitative estimate of drug-likeness (QED) is 0.678. The zero-order chi connectivity index (χ0) is 10.3. The van der Waals surface area contributed by atoms with E-state index in [9.17, 15) is 0 Å². The first-order valence-electron chi connectivity index (χ1n) is 4.88. The van der Waals surface area contributed by atoms with E-state index in [1.165, 1.54) is 0 Å². The summed E-state index contributed by atoms with van der Waals surface area (Å²) in [5, 5.41) is 8.54. The first-order chi connectivity index (χ1) is 6.02. The summed E-state index contributed by atoms with van der Waals surface area (Å²) >= 11 is 0. The molecule has 0 spiro atoms. The molecule has 0 aliphatic rings. The van der Waals surface area contributed by atoms with Crippen LogP contribution in [0.5, 0.6) is 0 Å². The molecule has 0 saturated carbocycles. The minimum Gasteiger partial charge on any atom is -0.516 e. The number of hydrogen-bond acceptors (Lipinski definition) is 2. The third-order valence-electron chi connectivity index (χ3n) is 2.41. The molecule has 0 aromatic rings. The van der Waals surface area contributed by atoms with Crippen LogP contribution in [-0.4, -0.2) is 17.8 Å². The van der Waals surface area contributed by atoms with Crippen LogP contribution < -0.4 is 0 Å². The van der Waals surface area contributed by atoms with Crippen molar-refractivity contribution in [2.45, 2.75) is 45.6 Å². The number of rotatable bonds is 6. The van der Waals surface area contributed by atoms with Crippen molar-refractivity contribution < 1.29 is 53.9 Å². The van der Waals surface area contributed by atoms with Gasteiger partial charge < -0.3 is 9.84 Å². The van der Waals surface area contributed by atoms with Gasteiger partial charge in [0.2, 0.25) is 0 Å². The molecule has 1 N–H and O–H groups in total. The van der Waals surface area contributed by atoms with E-state index in [4.69, 9.17) is 9.84 Å². The van der Waals surface area contributed by atoms with Crippen molar-refractivity contribution in [2.24, 2.45) is 5.92 Å². The standard InChI is InChI=1S/C11H22O2.Ac/c1-10(7-9-12)6-5-8-11(2,3)13-4;/h7,9-10,12H,5-6,8H2,1-4H3;/b9-7+;/t10-;/m0./s1. The Morgan fingerprint density at radius 2 is 2.00 bits per heavy atom. The summed E-state index contributed by atoms with van der Waals surface area (Å²) in [6.07, 6.45) is 6.25. The van der Waals surface area contributed by atoms with E-state index in [1.807, 2.05) is 6.08 Å². The number of hydrogen-bond donors (Lipinski definition) is 1. The van der Waals surface area contributed by atoms with E-state index < -0.39 is 0 Å². The smallest absolute Gasteiger partial charge is 0.0754 e. The van der Waals surface area contributed by atoms with Crippen molar-refractivity contribution in [3.8, 4) is 0 Å². The van der Waals surface area contributed by atoms with E-state index in [0.29, 0.717) is 5.92 Å². The zero-order valence-electron chi connectivity index (χ0n) is 9.79. The minimum atomic E-state index is -0.0113. The van der Waals surface area contributed by atoms with Gasteiger partial charge in [0.05, 0.1) is 11.9 Å². The third kappa shape index (κ3) is 9.49. The van der Waals surface area contributed by atoms with Crippen molar-refractivity contribution in [2.75, 3.05) is 7.11 Å². The topological polar surface area (TPSA) is 29.5 Å². The molecular weight excluding hydrogens is 391 g/mol. The molecule has 0 amide bonds. The summed E-state index contributed by atoms with van der Waals surface area (Å²) in [6, 6.07) is 0. The molecule has 0 bridgehead atoms. The second-order valence-corrected chi connectivity index (χ2v) is 4.17. The maximum atomic E-state index is 8.54. The molecule has 14 heavy (non-hydrogen) atoms. The fourth-order valence-corrected chi connectivity index (χ4v) is 1.19. The molecule has 2 nitrogen and oxygen atoms in total. The van der Waals surface area contributed by atoms with Gasteiger partial charge in [0.25, 0.3) is 0 Å². The summed E-state index contributed by atoms with van der Waals surface area (Å²) in [6.45, 7) is 6.30. The maximum absolute atomic E-state index is 8.54. The summed E-state index contributed by atoms with van der Waals surface area (Å²) < 4.78 is 5.31. The third-order valence-corrected chi connectivity index (χ3v) is 2.41. The number of allylic oxidation sites excluding steroid dienone is 1. The van der Waals surface area contributed by atoms with Crippen LogP contribution in [0.2, 0.25) is 0 Å². The minimum absolute atomic E-state index is 0. The van der Waals surface area contributed by atoms with E-state index in [-0.39, 0.29) is 49.7 Å². The summed E-state index contributed by atoms with van der Waals surface area (Å²) in [5.41, 5.74) is -0.0113. The average Bonchev–Trinajstić information content (AvgIpc) is 2.05. The van der Waals surface area contributed by atoms with Gasteiger partial charge in [0.1, 0.15) is 0 Å². The Labute approximate surface area is 124 Å². The van der Waals surface area contributed by atoms with E-state index in [0.717, 1.165) is 25.5 Å². The molecule has 1 radical (unpaired) electrons. The Morgan fingerprint density at radius 1 is 1.43 bits per heavy atom. The van der Waals surface area contributed by atoms with E-state index in [1.54, 1.807) is 7.11 Å². The fraction of sp³-hybridized carbons (Fsp3) is 0.818. The predicted octanol–water partition coefficient (Wildman–Crippen LogP) is 3.29. The monoisotopic (exact) mass is 413 g/mol. The SMILES string of the molecule is COC(C)(C)CCC[C@H](C)/C=C/O.[Ac]. The number of aliphatic hydroxyl groups is 1. The Hall–Kier alpha value is 0.942. The van der Waals surface area contributed by atoms with Crippen LogP contribution >= 0.6 is 0 Å². The normalized spacial score (nSPS) is 14.0. The molecule has 0 unspecified atom stereocenters. The molecule has 1 atom stereocenters. The Morgan fingerprint density at radius 3 is 2.43 bits per heavy atom. The van der Waals surface area contributed by atoms with Crippen molar-refractivity contribution in [1.29, 1.82) is 0 Å². The molecule has 0 saturated heterocycles. The average molecular weight is 413 g/mol. The number of ether oxygens (including phenoxy) is 1. The van der Waals surface area contributed by atoms with E-state index in [2.05, 4.69) is 20.8 Å². The van der Waals surface area contributed by atoms with Crippen LogP contribution in [0.1, 0.15) is 40.0 Å². The molecule has 3 heteroatoms. The van der Waals surface area contributed by atoms with Gasteiger partial charge in [0, 0.05) is 51.2 Å². The molecule has 0 aromatic carbocycles. The Kier molecular flexibility index (Phi) is 11.4. The van der Waals surface area contributed by atoms with Crippen molar-refractivity contribution in [1.82, 2.24) is 0 Å². The molecule has 0 heterocycles. The first-order valence-corrected chi connectivity index (χ1v) is 4.88. The van der Waals surface area contributed by atoms with Gasteiger partial charge >= 0.3 is 0 Å². The van der Waals surface area contributed by atoms with Crippen molar-refractivity contribution >= 4 is 0 Å². The maximum Gasteiger partial charge on any atom is 0.0754 e. The molecular formula is C11H22AcO2. The second kappa shape index (κ2) is 9.19. The van der Waals surface area contributed by atoms with Crippen molar-refractivity contribution in [3.05, 3.63) is 12.3 Å². The molecule has 0 aliphatic carbocycles. The first kappa shape index (κ1) is 17.3. The Balaban J connectivity index is 0. The summed E-state index contributed by atoms with van der Waals surface area (Å²) in [4.78, 5) is 0. The van der Waals surface area contributed by atoms with Crippen molar-refractivity contribution in [3.63, 3.8) is 0 Å². The molecule has 81 valence electrons. The van der Waals surface area contributed by atoms with Crippen LogP contribution in [0.3, 0.4) is 0 Å². The molecule has 0 aliphatic heterocycles. The predicted molar refractivity (Wildman–Crippen MR) is 55.9 cm³/mol. The van der Waals surface area contributed by atoms with Crippen LogP contribution in [0.25, 0.3) is 0 Å². The van der Waals surface area contributed by atoms with Gasteiger partial charge in [-0.2, -0.15) is 0 Å². The van der Waals surface area contributed by atoms with Crippen LogP contribution in [0, 0.1) is 50.0 Å². The Bertz CT molecular complexity index is 155. The number of aliphatic hydroxyl groups excluding tert-OH is 1. The van der Waals surface area contributed by atoms with Gasteiger partial charge in [0.15, 0.2) is 0 Å². The van der Waals surface area contributed by atoms with Crippen LogP contribution in [0.4, 0.5) is 0 Å². The van der Waals surface area contributed by atoms with Gasteiger partial charge in [-0.05, 0) is 38.7 Å². The molecule has 0 fully saturated rings. The van der Waals surface area contributed by atoms with Crippen LogP contribution in [0.15, 0.2) is 12.3 Å². The zero-order valence-corrected chi connectivity index (χ0v) is 14.5. The van der Waals surface area contributed by atoms with Crippen LogP contribution in [-0.2, 0) is 4.74 Å². The molecule has 0 aromatic heterocycles. The number of methoxy groups -OCH3 is 1. The fourth-order valence-electron chi connectivity index (χ4n) is 1.19. The largest absolute Gasteiger partial charge is 0.516 e. The summed E-state index contributed by atoms with van der Waals surface area (Å²) in [5.74, 6) is 0.456.